The van der Waals surface area contributed by atoms with Gasteiger partial charge in [0.2, 0.25) is 0 Å². The summed E-state index contributed by atoms with van der Waals surface area (Å²) in [5.74, 6) is 2.34. The predicted molar refractivity (Wildman–Crippen MR) is 136 cm³/mol. The molecule has 0 aliphatic carbocycles. The van der Waals surface area contributed by atoms with E-state index in [9.17, 15) is 4.39 Å². The maximum atomic E-state index is 13.5. The molecular weight excluding hydrogens is 457 g/mol. The molecule has 5 rings (SSSR count). The van der Waals surface area contributed by atoms with Gasteiger partial charge in [0.05, 0.1) is 38.8 Å². The molecule has 6 nitrogen and oxygen atoms in total. The first-order valence-corrected chi connectivity index (χ1v) is 12.0. The number of hydrogen-bond donors (Lipinski definition) is 0. The number of rotatable bonds is 9. The molecule has 36 heavy (non-hydrogen) atoms. The lowest BCUT2D eigenvalue weighted by Crippen LogP contribution is -2.38. The smallest absolute Gasteiger partial charge is 0.135 e. The average Bonchev–Trinajstić information content (AvgIpc) is 3.33. The fourth-order valence-corrected chi connectivity index (χ4v) is 4.59. The van der Waals surface area contributed by atoms with Crippen LogP contribution in [-0.4, -0.2) is 41.3 Å². The second-order valence-electron chi connectivity index (χ2n) is 8.98. The topological polar surface area (TPSA) is 48.8 Å². The highest BCUT2D eigenvalue weighted by Gasteiger charge is 2.25. The van der Waals surface area contributed by atoms with Crippen LogP contribution in [0.4, 0.5) is 4.39 Å². The van der Waals surface area contributed by atoms with Crippen LogP contribution in [0.1, 0.15) is 17.0 Å². The summed E-state index contributed by atoms with van der Waals surface area (Å²) in [4.78, 5) is 6.94. The normalized spacial score (nSPS) is 15.1. The summed E-state index contributed by atoms with van der Waals surface area (Å²) in [6, 6.07) is 22.9. The molecule has 0 radical (unpaired) electrons. The van der Waals surface area contributed by atoms with Crippen LogP contribution >= 0.6 is 0 Å². The lowest BCUT2D eigenvalue weighted by atomic mass is 10.1. The Bertz CT molecular complexity index is 1220. The first kappa shape index (κ1) is 24.0. The summed E-state index contributed by atoms with van der Waals surface area (Å²) in [5, 5.41) is 0. The summed E-state index contributed by atoms with van der Waals surface area (Å²) < 4.78 is 32.5. The fourth-order valence-electron chi connectivity index (χ4n) is 4.59. The highest BCUT2D eigenvalue weighted by molar-refractivity contribution is 5.59. The molecule has 0 fully saturated rings. The van der Waals surface area contributed by atoms with Gasteiger partial charge in [0.15, 0.2) is 0 Å². The van der Waals surface area contributed by atoms with Gasteiger partial charge in [0.1, 0.15) is 29.7 Å². The van der Waals surface area contributed by atoms with Crippen molar-refractivity contribution < 1.29 is 18.6 Å². The molecule has 4 aromatic rings. The van der Waals surface area contributed by atoms with Gasteiger partial charge >= 0.3 is 0 Å². The molecule has 0 saturated carbocycles. The second-order valence-corrected chi connectivity index (χ2v) is 8.98. The number of ether oxygens (including phenoxy) is 3. The number of fused-ring (bicyclic) bond motifs is 1. The van der Waals surface area contributed by atoms with Gasteiger partial charge < -0.3 is 18.8 Å². The molecule has 186 valence electrons. The first-order valence-electron chi connectivity index (χ1n) is 12.0. The third-order valence-electron chi connectivity index (χ3n) is 6.50. The van der Waals surface area contributed by atoms with Gasteiger partial charge in [-0.1, -0.05) is 24.3 Å². The van der Waals surface area contributed by atoms with Gasteiger partial charge in [-0.25, -0.2) is 9.37 Å². The Balaban J connectivity index is 1.34. The van der Waals surface area contributed by atoms with Crippen LogP contribution in [-0.2, 0) is 31.0 Å². The summed E-state index contributed by atoms with van der Waals surface area (Å²) in [5.41, 5.74) is 4.34. The van der Waals surface area contributed by atoms with Gasteiger partial charge in [0, 0.05) is 19.6 Å². The Kier molecular flexibility index (Phi) is 7.30. The molecule has 0 N–H and O–H groups in total. The summed E-state index contributed by atoms with van der Waals surface area (Å²) in [6.45, 7) is 3.43. The van der Waals surface area contributed by atoms with Crippen molar-refractivity contribution in [2.75, 3.05) is 20.8 Å². The molecule has 0 bridgehead atoms. The maximum Gasteiger partial charge on any atom is 0.135 e. The van der Waals surface area contributed by atoms with E-state index in [0.29, 0.717) is 13.2 Å². The average molecular weight is 488 g/mol. The van der Waals surface area contributed by atoms with E-state index in [1.807, 2.05) is 30.5 Å². The number of benzene rings is 3. The third kappa shape index (κ3) is 5.58. The van der Waals surface area contributed by atoms with E-state index >= 15 is 0 Å². The van der Waals surface area contributed by atoms with Gasteiger partial charge in [0.25, 0.3) is 0 Å². The number of halogens is 1. The highest BCUT2D eigenvalue weighted by Crippen LogP contribution is 2.26. The predicted octanol–water partition coefficient (Wildman–Crippen LogP) is 5.31. The molecule has 1 aromatic heterocycles. The molecule has 7 heteroatoms. The second kappa shape index (κ2) is 10.9. The minimum absolute atomic E-state index is 0.0117. The Morgan fingerprint density at radius 3 is 2.03 bits per heavy atom. The minimum atomic E-state index is -0.244. The molecule has 0 saturated heterocycles. The molecule has 1 atom stereocenters. The number of imidazole rings is 1. The van der Waals surface area contributed by atoms with Gasteiger partial charge in [-0.2, -0.15) is 0 Å². The third-order valence-corrected chi connectivity index (χ3v) is 6.50. The molecular formula is C29H30FN3O3. The number of nitrogens with zero attached hydrogens (tertiary/aromatic N) is 3. The van der Waals surface area contributed by atoms with Crippen LogP contribution in [0.25, 0.3) is 11.3 Å². The van der Waals surface area contributed by atoms with Crippen molar-refractivity contribution in [1.29, 1.82) is 0 Å². The Hall–Kier alpha value is -3.68. The van der Waals surface area contributed by atoms with Crippen molar-refractivity contribution in [3.05, 3.63) is 102 Å². The van der Waals surface area contributed by atoms with E-state index in [1.165, 1.54) is 23.3 Å². The van der Waals surface area contributed by atoms with E-state index in [2.05, 4.69) is 38.7 Å². The standard InChI is InChI=1S/C29H30FN3O3/c1-34-25-11-3-21(4-12-25)16-32(17-22-5-13-26(35-2)14-6-22)18-27-19-33-28(15-31-29(33)20-36-27)23-7-9-24(30)10-8-23/h3-15,27H,16-20H2,1-2H3. The van der Waals surface area contributed by atoms with E-state index in [0.717, 1.165) is 48.2 Å². The molecule has 0 amide bonds. The highest BCUT2D eigenvalue weighted by atomic mass is 19.1. The lowest BCUT2D eigenvalue weighted by Gasteiger charge is -2.31. The Morgan fingerprint density at radius 1 is 0.889 bits per heavy atom. The summed E-state index contributed by atoms with van der Waals surface area (Å²) in [6.07, 6.45) is 1.84. The molecule has 3 aromatic carbocycles. The first-order chi connectivity index (χ1) is 17.6. The van der Waals surface area contributed by atoms with Crippen molar-refractivity contribution in [2.45, 2.75) is 32.3 Å². The summed E-state index contributed by atoms with van der Waals surface area (Å²) in [7, 11) is 3.35. The van der Waals surface area contributed by atoms with Crippen molar-refractivity contribution in [1.82, 2.24) is 14.5 Å². The minimum Gasteiger partial charge on any atom is -0.497 e. The van der Waals surface area contributed by atoms with Gasteiger partial charge in [-0.3, -0.25) is 4.90 Å². The zero-order chi connectivity index (χ0) is 24.9. The lowest BCUT2D eigenvalue weighted by molar-refractivity contribution is -0.0206. The SMILES string of the molecule is COc1ccc(CN(Cc2ccc(OC)cc2)CC2Cn3c(-c4ccc(F)cc4)cnc3CO2)cc1. The van der Waals surface area contributed by atoms with Crippen molar-refractivity contribution >= 4 is 0 Å². The van der Waals surface area contributed by atoms with Crippen LogP contribution < -0.4 is 9.47 Å². The van der Waals surface area contributed by atoms with Crippen LogP contribution in [0.5, 0.6) is 11.5 Å². The van der Waals surface area contributed by atoms with Crippen LogP contribution in [0, 0.1) is 5.82 Å². The van der Waals surface area contributed by atoms with Crippen LogP contribution in [0.3, 0.4) is 0 Å². The molecule has 1 unspecified atom stereocenters. The van der Waals surface area contributed by atoms with Crippen LogP contribution in [0.15, 0.2) is 79.0 Å². The largest absolute Gasteiger partial charge is 0.497 e. The van der Waals surface area contributed by atoms with Crippen molar-refractivity contribution in [3.63, 3.8) is 0 Å². The maximum absolute atomic E-state index is 13.5. The van der Waals surface area contributed by atoms with Gasteiger partial charge in [-0.05, 0) is 65.2 Å². The van der Waals surface area contributed by atoms with Gasteiger partial charge in [-0.15, -0.1) is 0 Å². The molecule has 1 aliphatic heterocycles. The Labute approximate surface area is 210 Å². The molecule has 0 spiro atoms. The van der Waals surface area contributed by atoms with E-state index in [-0.39, 0.29) is 11.9 Å². The quantitative estimate of drug-likeness (QED) is 0.320. The van der Waals surface area contributed by atoms with E-state index in [1.54, 1.807) is 26.4 Å². The molecule has 2 heterocycles. The van der Waals surface area contributed by atoms with E-state index in [4.69, 9.17) is 14.2 Å². The number of aromatic nitrogens is 2. The summed E-state index contributed by atoms with van der Waals surface area (Å²) >= 11 is 0. The van der Waals surface area contributed by atoms with Crippen molar-refractivity contribution in [3.8, 4) is 22.8 Å². The van der Waals surface area contributed by atoms with Crippen molar-refractivity contribution in [2.24, 2.45) is 0 Å². The zero-order valence-electron chi connectivity index (χ0n) is 20.6. The monoisotopic (exact) mass is 487 g/mol. The Morgan fingerprint density at radius 2 is 1.47 bits per heavy atom. The van der Waals surface area contributed by atoms with E-state index < -0.39 is 0 Å². The van der Waals surface area contributed by atoms with Crippen LogP contribution in [0.2, 0.25) is 0 Å². The molecule has 1 aliphatic rings. The zero-order valence-corrected chi connectivity index (χ0v) is 20.6. The number of methoxy groups -OCH3 is 2. The fraction of sp³-hybridized carbons (Fsp3) is 0.276. The number of hydrogen-bond acceptors (Lipinski definition) is 5.